The molecule has 2 atom stereocenters. The molecule has 0 radical (unpaired) electrons. The maximum atomic E-state index is 5.98. The molecule has 0 saturated carbocycles. The Labute approximate surface area is 111 Å². The highest BCUT2D eigenvalue weighted by molar-refractivity contribution is 5.16. The second kappa shape index (κ2) is 6.35. The van der Waals surface area contributed by atoms with E-state index in [1.165, 1.54) is 25.1 Å². The molecule has 18 heavy (non-hydrogen) atoms. The quantitative estimate of drug-likeness (QED) is 0.865. The average molecular weight is 246 g/mol. The molecule has 0 aliphatic carbocycles. The van der Waals surface area contributed by atoms with Crippen LogP contribution < -0.4 is 5.73 Å². The zero-order chi connectivity index (χ0) is 13.0. The third kappa shape index (κ3) is 3.33. The van der Waals surface area contributed by atoms with Gasteiger partial charge >= 0.3 is 0 Å². The first-order chi connectivity index (χ1) is 8.70. The number of hydrogen-bond donors (Lipinski definition) is 1. The smallest absolute Gasteiger partial charge is 0.0258 e. The first kappa shape index (κ1) is 13.6. The van der Waals surface area contributed by atoms with Crippen molar-refractivity contribution in [2.45, 2.75) is 32.7 Å². The van der Waals surface area contributed by atoms with E-state index in [-0.39, 0.29) is 0 Å². The van der Waals surface area contributed by atoms with Crippen molar-refractivity contribution in [1.82, 2.24) is 4.90 Å². The Hall–Kier alpha value is -0.860. The van der Waals surface area contributed by atoms with Crippen LogP contribution in [0.2, 0.25) is 0 Å². The molecule has 0 aromatic heterocycles. The lowest BCUT2D eigenvalue weighted by Crippen LogP contribution is -2.41. The number of hydrogen-bond acceptors (Lipinski definition) is 2. The van der Waals surface area contributed by atoms with Gasteiger partial charge < -0.3 is 5.73 Å². The molecule has 2 N–H and O–H groups in total. The minimum atomic E-state index is 0.510. The van der Waals surface area contributed by atoms with E-state index in [1.807, 2.05) is 0 Å². The highest BCUT2D eigenvalue weighted by Gasteiger charge is 2.29. The summed E-state index contributed by atoms with van der Waals surface area (Å²) in [6.45, 7) is 7.88. The van der Waals surface area contributed by atoms with Crippen molar-refractivity contribution in [3.8, 4) is 0 Å². The Balaban J connectivity index is 1.94. The molecule has 1 aromatic carbocycles. The van der Waals surface area contributed by atoms with Crippen molar-refractivity contribution in [3.63, 3.8) is 0 Å². The predicted octanol–water partition coefficient (Wildman–Crippen LogP) is 2.53. The van der Waals surface area contributed by atoms with E-state index in [1.54, 1.807) is 0 Å². The Morgan fingerprint density at radius 2 is 2.00 bits per heavy atom. The summed E-state index contributed by atoms with van der Waals surface area (Å²) in [6.07, 6.45) is 2.42. The van der Waals surface area contributed by atoms with Crippen LogP contribution in [-0.4, -0.2) is 30.6 Å². The molecule has 0 spiro atoms. The Morgan fingerprint density at radius 3 is 2.56 bits per heavy atom. The Bertz CT molecular complexity index is 347. The fourth-order valence-electron chi connectivity index (χ4n) is 2.94. The summed E-state index contributed by atoms with van der Waals surface area (Å²) in [5.41, 5.74) is 7.38. The predicted molar refractivity (Wildman–Crippen MR) is 77.5 cm³/mol. The van der Waals surface area contributed by atoms with Crippen LogP contribution in [0.25, 0.3) is 0 Å². The molecule has 100 valence electrons. The molecule has 1 aromatic rings. The van der Waals surface area contributed by atoms with Crippen molar-refractivity contribution in [1.29, 1.82) is 0 Å². The molecule has 2 heteroatoms. The largest absolute Gasteiger partial charge is 0.329 e. The molecule has 1 heterocycles. The van der Waals surface area contributed by atoms with Gasteiger partial charge in [-0.2, -0.15) is 0 Å². The van der Waals surface area contributed by atoms with Crippen molar-refractivity contribution in [3.05, 3.63) is 35.9 Å². The van der Waals surface area contributed by atoms with Gasteiger partial charge in [0.1, 0.15) is 0 Å². The minimum absolute atomic E-state index is 0.510. The maximum Gasteiger partial charge on any atom is 0.0258 e. The van der Waals surface area contributed by atoms with Gasteiger partial charge in [0.15, 0.2) is 0 Å². The SMILES string of the molecule is CC(C)C1CCN(C(CN)Cc2ccccc2)C1. The van der Waals surface area contributed by atoms with Gasteiger partial charge in [-0.05, 0) is 36.8 Å². The summed E-state index contributed by atoms with van der Waals surface area (Å²) in [6, 6.07) is 11.2. The van der Waals surface area contributed by atoms with Gasteiger partial charge in [0.25, 0.3) is 0 Å². The second-order valence-electron chi connectivity index (χ2n) is 5.87. The van der Waals surface area contributed by atoms with Crippen LogP contribution >= 0.6 is 0 Å². The van der Waals surface area contributed by atoms with Crippen molar-refractivity contribution >= 4 is 0 Å². The number of benzene rings is 1. The van der Waals surface area contributed by atoms with Gasteiger partial charge in [-0.1, -0.05) is 44.2 Å². The molecule has 0 bridgehead atoms. The molecule has 1 aliphatic rings. The lowest BCUT2D eigenvalue weighted by Gasteiger charge is -2.27. The van der Waals surface area contributed by atoms with E-state index >= 15 is 0 Å². The maximum absolute atomic E-state index is 5.98. The first-order valence-corrected chi connectivity index (χ1v) is 7.18. The third-order valence-corrected chi connectivity index (χ3v) is 4.30. The zero-order valence-corrected chi connectivity index (χ0v) is 11.7. The summed E-state index contributed by atoms with van der Waals surface area (Å²) in [4.78, 5) is 2.59. The van der Waals surface area contributed by atoms with E-state index in [9.17, 15) is 0 Å². The Morgan fingerprint density at radius 1 is 1.28 bits per heavy atom. The van der Waals surface area contributed by atoms with E-state index in [0.717, 1.165) is 24.8 Å². The zero-order valence-electron chi connectivity index (χ0n) is 11.7. The van der Waals surface area contributed by atoms with Crippen LogP contribution in [-0.2, 0) is 6.42 Å². The number of nitrogens with zero attached hydrogens (tertiary/aromatic N) is 1. The molecule has 2 unspecified atom stereocenters. The van der Waals surface area contributed by atoms with E-state index < -0.39 is 0 Å². The summed E-state index contributed by atoms with van der Waals surface area (Å²) in [7, 11) is 0. The van der Waals surface area contributed by atoms with Crippen LogP contribution in [0.5, 0.6) is 0 Å². The Kier molecular flexibility index (Phi) is 4.79. The molecule has 1 saturated heterocycles. The molecule has 1 aliphatic heterocycles. The molecule has 2 nitrogen and oxygen atoms in total. The molecule has 0 amide bonds. The van der Waals surface area contributed by atoms with E-state index in [0.29, 0.717) is 6.04 Å². The van der Waals surface area contributed by atoms with Gasteiger partial charge in [-0.25, -0.2) is 0 Å². The lowest BCUT2D eigenvalue weighted by molar-refractivity contribution is 0.228. The number of nitrogens with two attached hydrogens (primary N) is 1. The standard InChI is InChI=1S/C16H26N2/c1-13(2)15-8-9-18(12-15)16(11-17)10-14-6-4-3-5-7-14/h3-7,13,15-16H,8-12,17H2,1-2H3. The summed E-state index contributed by atoms with van der Waals surface area (Å²) < 4.78 is 0. The van der Waals surface area contributed by atoms with Crippen LogP contribution in [0.15, 0.2) is 30.3 Å². The summed E-state index contributed by atoms with van der Waals surface area (Å²) in [5.74, 6) is 1.65. The van der Waals surface area contributed by atoms with E-state index in [4.69, 9.17) is 5.73 Å². The minimum Gasteiger partial charge on any atom is -0.329 e. The van der Waals surface area contributed by atoms with Gasteiger partial charge in [0, 0.05) is 19.1 Å². The van der Waals surface area contributed by atoms with Crippen LogP contribution in [0.4, 0.5) is 0 Å². The molecular weight excluding hydrogens is 220 g/mol. The van der Waals surface area contributed by atoms with Gasteiger partial charge in [0.05, 0.1) is 0 Å². The monoisotopic (exact) mass is 246 g/mol. The fourth-order valence-corrected chi connectivity index (χ4v) is 2.94. The van der Waals surface area contributed by atoms with Crippen LogP contribution in [0.1, 0.15) is 25.8 Å². The molecule has 2 rings (SSSR count). The van der Waals surface area contributed by atoms with Gasteiger partial charge in [-0.3, -0.25) is 4.90 Å². The number of rotatable bonds is 5. The van der Waals surface area contributed by atoms with Crippen LogP contribution in [0, 0.1) is 11.8 Å². The number of likely N-dealkylation sites (tertiary alicyclic amines) is 1. The first-order valence-electron chi connectivity index (χ1n) is 7.18. The highest BCUT2D eigenvalue weighted by Crippen LogP contribution is 2.25. The fraction of sp³-hybridized carbons (Fsp3) is 0.625. The van der Waals surface area contributed by atoms with Crippen molar-refractivity contribution in [2.75, 3.05) is 19.6 Å². The van der Waals surface area contributed by atoms with Crippen molar-refractivity contribution < 1.29 is 0 Å². The normalized spacial score (nSPS) is 22.6. The van der Waals surface area contributed by atoms with Gasteiger partial charge in [-0.15, -0.1) is 0 Å². The molecular formula is C16H26N2. The average Bonchev–Trinajstić information content (AvgIpc) is 2.87. The topological polar surface area (TPSA) is 29.3 Å². The highest BCUT2D eigenvalue weighted by atomic mass is 15.2. The summed E-state index contributed by atoms with van der Waals surface area (Å²) in [5, 5.41) is 0. The molecule has 1 fully saturated rings. The van der Waals surface area contributed by atoms with E-state index in [2.05, 4.69) is 49.1 Å². The second-order valence-corrected chi connectivity index (χ2v) is 5.87. The van der Waals surface area contributed by atoms with Crippen molar-refractivity contribution in [2.24, 2.45) is 17.6 Å². The third-order valence-electron chi connectivity index (χ3n) is 4.30. The van der Waals surface area contributed by atoms with Crippen LogP contribution in [0.3, 0.4) is 0 Å². The van der Waals surface area contributed by atoms with Gasteiger partial charge in [0.2, 0.25) is 0 Å². The lowest BCUT2D eigenvalue weighted by atomic mass is 9.95. The summed E-state index contributed by atoms with van der Waals surface area (Å²) >= 11 is 0.